The second-order valence-corrected chi connectivity index (χ2v) is 5.33. The number of carbonyl (C=O) groups is 1. The van der Waals surface area contributed by atoms with Crippen molar-refractivity contribution in [3.63, 3.8) is 0 Å². The highest BCUT2D eigenvalue weighted by atomic mass is 35.5. The third kappa shape index (κ3) is 3.00. The Morgan fingerprint density at radius 2 is 2.11 bits per heavy atom. The van der Waals surface area contributed by atoms with Gasteiger partial charge in [-0.25, -0.2) is 4.39 Å². The quantitative estimate of drug-likeness (QED) is 0.866. The molecule has 1 saturated heterocycles. The van der Waals surface area contributed by atoms with Crippen molar-refractivity contribution in [2.45, 2.75) is 25.3 Å². The molecule has 1 aliphatic rings. The number of rotatable bonds is 2. The first-order valence-electron chi connectivity index (χ1n) is 5.98. The van der Waals surface area contributed by atoms with Crippen molar-refractivity contribution >= 4 is 17.5 Å². The average Bonchev–Trinajstić information content (AvgIpc) is 2.32. The van der Waals surface area contributed by atoms with Crippen molar-refractivity contribution in [1.29, 1.82) is 0 Å². The Morgan fingerprint density at radius 3 is 2.78 bits per heavy atom. The van der Waals surface area contributed by atoms with Crippen LogP contribution in [0.15, 0.2) is 18.2 Å². The average molecular weight is 271 g/mol. The summed E-state index contributed by atoms with van der Waals surface area (Å²) >= 11 is 5.78. The first-order valence-corrected chi connectivity index (χ1v) is 6.36. The van der Waals surface area contributed by atoms with Crippen LogP contribution in [0.3, 0.4) is 0 Å². The number of halogens is 2. The third-order valence-corrected chi connectivity index (χ3v) is 3.53. The van der Waals surface area contributed by atoms with Gasteiger partial charge in [0.25, 0.3) is 5.91 Å². The molecule has 5 heteroatoms. The van der Waals surface area contributed by atoms with Crippen LogP contribution in [-0.4, -0.2) is 24.5 Å². The molecule has 0 aromatic heterocycles. The number of hydrogen-bond donors (Lipinski definition) is 2. The molecule has 0 radical (unpaired) electrons. The van der Waals surface area contributed by atoms with Crippen LogP contribution >= 0.6 is 11.6 Å². The zero-order valence-corrected chi connectivity index (χ0v) is 11.0. The van der Waals surface area contributed by atoms with Gasteiger partial charge < -0.3 is 10.6 Å². The van der Waals surface area contributed by atoms with E-state index in [-0.39, 0.29) is 11.1 Å². The Kier molecular flexibility index (Phi) is 3.88. The molecule has 0 bridgehead atoms. The molecule has 0 saturated carbocycles. The van der Waals surface area contributed by atoms with E-state index >= 15 is 0 Å². The smallest absolute Gasteiger partial charge is 0.254 e. The number of amides is 1. The second kappa shape index (κ2) is 5.24. The standard InChI is InChI=1S/C13H16ClFN2O/c1-13(4-6-16-7-5-13)17-12(18)10-8-9(14)2-3-11(10)15/h2-3,8,16H,4-7H2,1H3,(H,17,18). The van der Waals surface area contributed by atoms with E-state index in [4.69, 9.17) is 11.6 Å². The lowest BCUT2D eigenvalue weighted by molar-refractivity contribution is 0.0883. The maximum atomic E-state index is 13.6. The summed E-state index contributed by atoms with van der Waals surface area (Å²) in [4.78, 5) is 12.1. The lowest BCUT2D eigenvalue weighted by atomic mass is 9.90. The summed E-state index contributed by atoms with van der Waals surface area (Å²) in [6, 6.07) is 4.00. The molecule has 1 aromatic carbocycles. The minimum absolute atomic E-state index is 0.00209. The highest BCUT2D eigenvalue weighted by molar-refractivity contribution is 6.31. The third-order valence-electron chi connectivity index (χ3n) is 3.30. The highest BCUT2D eigenvalue weighted by Gasteiger charge is 2.29. The molecule has 0 aliphatic carbocycles. The fourth-order valence-corrected chi connectivity index (χ4v) is 2.29. The SMILES string of the molecule is CC1(NC(=O)c2cc(Cl)ccc2F)CCNCC1. The number of hydrogen-bond acceptors (Lipinski definition) is 2. The monoisotopic (exact) mass is 270 g/mol. The molecule has 3 nitrogen and oxygen atoms in total. The largest absolute Gasteiger partial charge is 0.347 e. The topological polar surface area (TPSA) is 41.1 Å². The van der Waals surface area contributed by atoms with E-state index in [0.29, 0.717) is 5.02 Å². The predicted molar refractivity (Wildman–Crippen MR) is 69.4 cm³/mol. The maximum absolute atomic E-state index is 13.6. The van der Waals surface area contributed by atoms with Gasteiger partial charge in [-0.3, -0.25) is 4.79 Å². The summed E-state index contributed by atoms with van der Waals surface area (Å²) in [7, 11) is 0. The summed E-state index contributed by atoms with van der Waals surface area (Å²) in [6.45, 7) is 3.69. The summed E-state index contributed by atoms with van der Waals surface area (Å²) in [5.74, 6) is -0.950. The number of carbonyl (C=O) groups excluding carboxylic acids is 1. The Hall–Kier alpha value is -1.13. The number of nitrogens with one attached hydrogen (secondary N) is 2. The van der Waals surface area contributed by atoms with E-state index < -0.39 is 11.7 Å². The van der Waals surface area contributed by atoms with Gasteiger partial charge in [0.1, 0.15) is 5.82 Å². The van der Waals surface area contributed by atoms with E-state index in [1.54, 1.807) is 0 Å². The predicted octanol–water partition coefficient (Wildman–Crippen LogP) is 2.35. The molecule has 1 fully saturated rings. The zero-order valence-electron chi connectivity index (χ0n) is 10.2. The van der Waals surface area contributed by atoms with Crippen LogP contribution in [0.4, 0.5) is 4.39 Å². The maximum Gasteiger partial charge on any atom is 0.254 e. The molecule has 0 spiro atoms. The lowest BCUT2D eigenvalue weighted by Gasteiger charge is -2.35. The summed E-state index contributed by atoms with van der Waals surface area (Å²) < 4.78 is 13.6. The van der Waals surface area contributed by atoms with Gasteiger partial charge in [0.2, 0.25) is 0 Å². The lowest BCUT2D eigenvalue weighted by Crippen LogP contribution is -2.52. The van der Waals surface area contributed by atoms with Crippen LogP contribution in [0, 0.1) is 5.82 Å². The van der Waals surface area contributed by atoms with Gasteiger partial charge in [0.15, 0.2) is 0 Å². The molecule has 1 aliphatic heterocycles. The van der Waals surface area contributed by atoms with Crippen LogP contribution in [0.2, 0.25) is 5.02 Å². The second-order valence-electron chi connectivity index (χ2n) is 4.89. The fourth-order valence-electron chi connectivity index (χ4n) is 2.12. The summed E-state index contributed by atoms with van der Waals surface area (Å²) in [5.41, 5.74) is -0.279. The van der Waals surface area contributed by atoms with Crippen LogP contribution in [-0.2, 0) is 0 Å². The zero-order chi connectivity index (χ0) is 13.2. The van der Waals surface area contributed by atoms with Crippen LogP contribution in [0.1, 0.15) is 30.1 Å². The first-order chi connectivity index (χ1) is 8.50. The number of piperidine rings is 1. The van der Waals surface area contributed by atoms with E-state index in [1.807, 2.05) is 6.92 Å². The van der Waals surface area contributed by atoms with Crippen molar-refractivity contribution in [2.75, 3.05) is 13.1 Å². The van der Waals surface area contributed by atoms with Crippen LogP contribution in [0.25, 0.3) is 0 Å². The normalized spacial score (nSPS) is 18.4. The minimum Gasteiger partial charge on any atom is -0.347 e. The van der Waals surface area contributed by atoms with Crippen molar-refractivity contribution in [1.82, 2.24) is 10.6 Å². The van der Waals surface area contributed by atoms with E-state index in [1.165, 1.54) is 18.2 Å². The molecule has 18 heavy (non-hydrogen) atoms. The molecule has 2 N–H and O–H groups in total. The highest BCUT2D eigenvalue weighted by Crippen LogP contribution is 2.20. The van der Waals surface area contributed by atoms with Crippen LogP contribution in [0.5, 0.6) is 0 Å². The molecular formula is C13H16ClFN2O. The van der Waals surface area contributed by atoms with Crippen molar-refractivity contribution in [3.8, 4) is 0 Å². The Balaban J connectivity index is 2.14. The molecule has 0 atom stereocenters. The Bertz CT molecular complexity index is 458. The molecular weight excluding hydrogens is 255 g/mol. The molecule has 0 unspecified atom stereocenters. The summed E-state index contributed by atoms with van der Waals surface area (Å²) in [5, 5.41) is 6.49. The Morgan fingerprint density at radius 1 is 1.44 bits per heavy atom. The van der Waals surface area contributed by atoms with Gasteiger partial charge in [-0.1, -0.05) is 11.6 Å². The minimum atomic E-state index is -0.547. The summed E-state index contributed by atoms with van der Waals surface area (Å²) in [6.07, 6.45) is 1.67. The van der Waals surface area contributed by atoms with E-state index in [2.05, 4.69) is 10.6 Å². The van der Waals surface area contributed by atoms with Crippen molar-refractivity contribution in [3.05, 3.63) is 34.6 Å². The molecule has 1 heterocycles. The van der Waals surface area contributed by atoms with E-state index in [0.717, 1.165) is 25.9 Å². The van der Waals surface area contributed by atoms with Crippen molar-refractivity contribution in [2.24, 2.45) is 0 Å². The number of benzene rings is 1. The van der Waals surface area contributed by atoms with Gasteiger partial charge >= 0.3 is 0 Å². The van der Waals surface area contributed by atoms with Gasteiger partial charge in [-0.15, -0.1) is 0 Å². The molecule has 98 valence electrons. The first kappa shape index (κ1) is 13.3. The molecule has 1 aromatic rings. The van der Waals surface area contributed by atoms with E-state index in [9.17, 15) is 9.18 Å². The molecule has 2 rings (SSSR count). The van der Waals surface area contributed by atoms with Gasteiger partial charge in [0, 0.05) is 10.6 Å². The van der Waals surface area contributed by atoms with Crippen LogP contribution < -0.4 is 10.6 Å². The van der Waals surface area contributed by atoms with Gasteiger partial charge in [0.05, 0.1) is 5.56 Å². The van der Waals surface area contributed by atoms with Gasteiger partial charge in [-0.05, 0) is 51.1 Å². The molecule has 1 amide bonds. The van der Waals surface area contributed by atoms with Gasteiger partial charge in [-0.2, -0.15) is 0 Å². The fraction of sp³-hybridized carbons (Fsp3) is 0.462. The van der Waals surface area contributed by atoms with Crippen molar-refractivity contribution < 1.29 is 9.18 Å². The Labute approximate surface area is 111 Å².